The molecule has 0 unspecified atom stereocenters. The van der Waals surface area contributed by atoms with Crippen LogP contribution in [0.15, 0.2) is 24.3 Å². The Morgan fingerprint density at radius 1 is 1.35 bits per heavy atom. The Kier molecular flexibility index (Phi) is 3.11. The van der Waals surface area contributed by atoms with Gasteiger partial charge in [0, 0.05) is 7.05 Å². The molecule has 1 heterocycles. The summed E-state index contributed by atoms with van der Waals surface area (Å²) in [6, 6.07) is 6.58. The summed E-state index contributed by atoms with van der Waals surface area (Å²) < 4.78 is 20.9. The molecule has 2 nitrogen and oxygen atoms in total. The Labute approximate surface area is 105 Å². The molecule has 1 aromatic heterocycles. The monoisotopic (exact) mass is 253 g/mol. The van der Waals surface area contributed by atoms with Gasteiger partial charge in [-0.2, -0.15) is 0 Å². The minimum absolute atomic E-state index is 0.315. The van der Waals surface area contributed by atoms with Gasteiger partial charge in [0.25, 0.3) is 0 Å². The molecule has 0 N–H and O–H groups in total. The number of aryl methyl sites for hydroxylation is 1. The van der Waals surface area contributed by atoms with E-state index in [0.29, 0.717) is 16.5 Å². The highest BCUT2D eigenvalue weighted by Gasteiger charge is 2.18. The van der Waals surface area contributed by atoms with Gasteiger partial charge in [0.1, 0.15) is 16.7 Å². The number of aromatic nitrogens is 1. The molecule has 0 aliphatic rings. The van der Waals surface area contributed by atoms with Crippen LogP contribution < -0.4 is 4.74 Å². The number of ether oxygens (including phenoxy) is 1. The van der Waals surface area contributed by atoms with Gasteiger partial charge < -0.3 is 9.30 Å². The van der Waals surface area contributed by atoms with Crippen LogP contribution in [-0.2, 0) is 7.05 Å². The van der Waals surface area contributed by atoms with Gasteiger partial charge in [-0.05, 0) is 30.7 Å². The van der Waals surface area contributed by atoms with Gasteiger partial charge in [0.2, 0.25) is 0 Å². The molecule has 0 atom stereocenters. The predicted molar refractivity (Wildman–Crippen MR) is 67.1 cm³/mol. The van der Waals surface area contributed by atoms with Gasteiger partial charge in [-0.15, -0.1) is 0 Å². The lowest BCUT2D eigenvalue weighted by atomic mass is 10.1. The zero-order valence-corrected chi connectivity index (χ0v) is 10.7. The molecule has 0 aliphatic heterocycles. The van der Waals surface area contributed by atoms with Crippen LogP contribution in [-0.4, -0.2) is 11.7 Å². The summed E-state index contributed by atoms with van der Waals surface area (Å²) in [4.78, 5) is 0. The molecule has 2 aromatic rings. The van der Waals surface area contributed by atoms with Crippen LogP contribution >= 0.6 is 11.6 Å². The van der Waals surface area contributed by atoms with Gasteiger partial charge >= 0.3 is 0 Å². The molecule has 90 valence electrons. The van der Waals surface area contributed by atoms with E-state index in [1.54, 1.807) is 23.7 Å². The van der Waals surface area contributed by atoms with Crippen molar-refractivity contribution < 1.29 is 9.13 Å². The van der Waals surface area contributed by atoms with Crippen LogP contribution in [0, 0.1) is 12.7 Å². The topological polar surface area (TPSA) is 14.2 Å². The van der Waals surface area contributed by atoms with E-state index in [1.807, 2.05) is 13.0 Å². The molecule has 0 saturated heterocycles. The second-order valence-electron chi connectivity index (χ2n) is 3.87. The first-order valence-corrected chi connectivity index (χ1v) is 5.58. The van der Waals surface area contributed by atoms with Crippen molar-refractivity contribution in [2.24, 2.45) is 7.05 Å². The van der Waals surface area contributed by atoms with Crippen LogP contribution in [0.5, 0.6) is 5.75 Å². The number of hydrogen-bond donors (Lipinski definition) is 0. The summed E-state index contributed by atoms with van der Waals surface area (Å²) in [5.41, 5.74) is 2.10. The summed E-state index contributed by atoms with van der Waals surface area (Å²) >= 11 is 6.03. The van der Waals surface area contributed by atoms with Gasteiger partial charge in [-0.25, -0.2) is 4.39 Å². The maximum Gasteiger partial charge on any atom is 0.136 e. The van der Waals surface area contributed by atoms with Crippen molar-refractivity contribution in [2.75, 3.05) is 7.11 Å². The Bertz CT molecular complexity index is 563. The highest BCUT2D eigenvalue weighted by Crippen LogP contribution is 2.36. The highest BCUT2D eigenvalue weighted by atomic mass is 35.5. The fourth-order valence-corrected chi connectivity index (χ4v) is 2.23. The first-order chi connectivity index (χ1) is 8.06. The number of hydrogen-bond acceptors (Lipinski definition) is 1. The lowest BCUT2D eigenvalue weighted by molar-refractivity contribution is 0.413. The average molecular weight is 254 g/mol. The zero-order valence-electron chi connectivity index (χ0n) is 9.92. The molecule has 2 rings (SSSR count). The molecule has 0 saturated carbocycles. The maximum atomic E-state index is 14.0. The lowest BCUT2D eigenvalue weighted by Crippen LogP contribution is -1.98. The zero-order chi connectivity index (χ0) is 12.6. The van der Waals surface area contributed by atoms with E-state index in [0.717, 1.165) is 11.3 Å². The van der Waals surface area contributed by atoms with E-state index in [2.05, 4.69) is 0 Å². The van der Waals surface area contributed by atoms with Crippen LogP contribution in [0.2, 0.25) is 5.15 Å². The number of methoxy groups -OCH3 is 1. The minimum atomic E-state index is -0.315. The second-order valence-corrected chi connectivity index (χ2v) is 4.26. The van der Waals surface area contributed by atoms with E-state index in [4.69, 9.17) is 16.3 Å². The van der Waals surface area contributed by atoms with E-state index in [1.165, 1.54) is 13.2 Å². The fourth-order valence-electron chi connectivity index (χ4n) is 1.98. The summed E-state index contributed by atoms with van der Waals surface area (Å²) in [5, 5.41) is 0.572. The quantitative estimate of drug-likeness (QED) is 0.794. The predicted octanol–water partition coefficient (Wildman–Crippen LogP) is 3.80. The number of benzene rings is 1. The molecular weight excluding hydrogens is 241 g/mol. The Hall–Kier alpha value is -1.48. The summed E-state index contributed by atoms with van der Waals surface area (Å²) in [7, 11) is 3.33. The molecule has 1 aromatic carbocycles. The minimum Gasteiger partial charge on any atom is -0.496 e. The largest absolute Gasteiger partial charge is 0.496 e. The molecule has 0 spiro atoms. The summed E-state index contributed by atoms with van der Waals surface area (Å²) in [6.07, 6.45) is 0. The molecule has 0 bridgehead atoms. The number of rotatable bonds is 2. The van der Waals surface area contributed by atoms with Crippen LogP contribution in [0.1, 0.15) is 5.56 Å². The fraction of sp³-hybridized carbons (Fsp3) is 0.231. The lowest BCUT2D eigenvalue weighted by Gasteiger charge is -2.12. The third kappa shape index (κ3) is 1.91. The van der Waals surface area contributed by atoms with E-state index in [9.17, 15) is 4.39 Å². The molecular formula is C13H13ClFNO. The molecule has 0 radical (unpaired) electrons. The van der Waals surface area contributed by atoms with Gasteiger partial charge in [0.15, 0.2) is 0 Å². The van der Waals surface area contributed by atoms with Crippen LogP contribution in [0.4, 0.5) is 4.39 Å². The van der Waals surface area contributed by atoms with Crippen molar-refractivity contribution in [2.45, 2.75) is 6.92 Å². The third-order valence-electron chi connectivity index (χ3n) is 2.80. The van der Waals surface area contributed by atoms with Gasteiger partial charge in [0.05, 0.1) is 18.4 Å². The van der Waals surface area contributed by atoms with Crippen molar-refractivity contribution in [1.29, 1.82) is 0 Å². The molecule has 0 fully saturated rings. The van der Waals surface area contributed by atoms with Gasteiger partial charge in [-0.1, -0.05) is 17.7 Å². The number of nitrogens with zero attached hydrogens (tertiary/aromatic N) is 1. The van der Waals surface area contributed by atoms with Crippen molar-refractivity contribution in [3.05, 3.63) is 40.8 Å². The Balaban J connectivity index is 2.76. The average Bonchev–Trinajstić information content (AvgIpc) is 2.54. The van der Waals surface area contributed by atoms with Crippen molar-refractivity contribution in [3.63, 3.8) is 0 Å². The summed E-state index contributed by atoms with van der Waals surface area (Å²) in [5.74, 6) is 0.191. The molecule has 0 aliphatic carbocycles. The maximum absolute atomic E-state index is 14.0. The van der Waals surface area contributed by atoms with Crippen LogP contribution in [0.3, 0.4) is 0 Å². The van der Waals surface area contributed by atoms with Gasteiger partial charge in [-0.3, -0.25) is 0 Å². The SMILES string of the molecule is COc1cccc(F)c1-c1c(C)cc(Cl)n1C. The summed E-state index contributed by atoms with van der Waals surface area (Å²) in [6.45, 7) is 1.90. The van der Waals surface area contributed by atoms with Crippen molar-refractivity contribution in [3.8, 4) is 17.0 Å². The second kappa shape index (κ2) is 4.41. The third-order valence-corrected chi connectivity index (χ3v) is 3.16. The van der Waals surface area contributed by atoms with Crippen LogP contribution in [0.25, 0.3) is 11.3 Å². The highest BCUT2D eigenvalue weighted by molar-refractivity contribution is 6.30. The first kappa shape index (κ1) is 12.0. The molecule has 4 heteroatoms. The Morgan fingerprint density at radius 2 is 2.06 bits per heavy atom. The van der Waals surface area contributed by atoms with Crippen molar-refractivity contribution in [1.82, 2.24) is 4.57 Å². The van der Waals surface area contributed by atoms with E-state index >= 15 is 0 Å². The number of halogens is 2. The van der Waals surface area contributed by atoms with E-state index < -0.39 is 0 Å². The van der Waals surface area contributed by atoms with E-state index in [-0.39, 0.29) is 5.82 Å². The standard InChI is InChI=1S/C13H13ClFNO/c1-8-7-11(14)16(2)13(8)12-9(15)5-4-6-10(12)17-3/h4-7H,1-3H3. The molecule has 17 heavy (non-hydrogen) atoms. The van der Waals surface area contributed by atoms with Crippen molar-refractivity contribution >= 4 is 11.6 Å². The molecule has 0 amide bonds. The normalized spacial score (nSPS) is 10.6. The smallest absolute Gasteiger partial charge is 0.136 e. The Morgan fingerprint density at radius 3 is 2.59 bits per heavy atom. The first-order valence-electron chi connectivity index (χ1n) is 5.21.